The summed E-state index contributed by atoms with van der Waals surface area (Å²) in [7, 11) is -4.03. The molecule has 11 heteroatoms. The van der Waals surface area contributed by atoms with E-state index in [1.165, 1.54) is 54.6 Å². The largest absolute Gasteiger partial charge is 0.379 e. The average Bonchev–Trinajstić information content (AvgIpc) is 3.07. The van der Waals surface area contributed by atoms with Gasteiger partial charge in [0.2, 0.25) is 0 Å². The van der Waals surface area contributed by atoms with Gasteiger partial charge in [-0.25, -0.2) is 0 Å². The zero-order valence-corrected chi connectivity index (χ0v) is 19.0. The number of benzene rings is 3. The van der Waals surface area contributed by atoms with Crippen molar-refractivity contribution >= 4 is 44.8 Å². The number of nitro benzene ring substituents is 1. The Bertz CT molecular complexity index is 1400. The third kappa shape index (κ3) is 5.16. The molecule has 1 aliphatic rings. The average molecular weight is 497 g/mol. The van der Waals surface area contributed by atoms with Crippen LogP contribution in [0.4, 0.5) is 10.5 Å². The number of nitro groups is 1. The van der Waals surface area contributed by atoms with Crippen LogP contribution in [0.15, 0.2) is 88.7 Å². The monoisotopic (exact) mass is 496 g/mol. The Morgan fingerprint density at radius 1 is 0.971 bits per heavy atom. The van der Waals surface area contributed by atoms with Gasteiger partial charge in [-0.3, -0.25) is 24.6 Å². The van der Waals surface area contributed by atoms with Crippen LogP contribution >= 0.6 is 11.8 Å². The van der Waals surface area contributed by atoms with Crippen LogP contribution in [0.1, 0.15) is 11.1 Å². The Morgan fingerprint density at radius 3 is 2.35 bits per heavy atom. The molecule has 3 aromatic carbocycles. The second-order valence-electron chi connectivity index (χ2n) is 7.11. The van der Waals surface area contributed by atoms with E-state index >= 15 is 0 Å². The first-order valence-corrected chi connectivity index (χ1v) is 12.0. The van der Waals surface area contributed by atoms with Crippen molar-refractivity contribution in [3.05, 3.63) is 105 Å². The third-order valence-corrected chi connectivity index (χ3v) is 6.92. The molecule has 1 saturated heterocycles. The van der Waals surface area contributed by atoms with Crippen molar-refractivity contribution in [3.63, 3.8) is 0 Å². The summed E-state index contributed by atoms with van der Waals surface area (Å²) >= 11 is 0.751. The van der Waals surface area contributed by atoms with Gasteiger partial charge in [-0.05, 0) is 53.2 Å². The molecule has 0 aliphatic carbocycles. The SMILES string of the molecule is O=C1S/C(=C\c2cccc(OS(=O)(=O)c3ccccc3)c2)C(=O)N1Cc1ccc([N+](=O)[O-])cc1. The van der Waals surface area contributed by atoms with Crippen molar-refractivity contribution in [2.24, 2.45) is 0 Å². The predicted octanol–water partition coefficient (Wildman–Crippen LogP) is 4.60. The molecule has 0 bridgehead atoms. The van der Waals surface area contributed by atoms with Crippen LogP contribution in [0.2, 0.25) is 0 Å². The highest BCUT2D eigenvalue weighted by molar-refractivity contribution is 8.18. The van der Waals surface area contributed by atoms with Crippen molar-refractivity contribution in [2.75, 3.05) is 0 Å². The molecule has 34 heavy (non-hydrogen) atoms. The topological polar surface area (TPSA) is 124 Å². The summed E-state index contributed by atoms with van der Waals surface area (Å²) in [5, 5.41) is 10.3. The molecule has 1 fully saturated rings. The lowest BCUT2D eigenvalue weighted by molar-refractivity contribution is -0.384. The van der Waals surface area contributed by atoms with E-state index in [2.05, 4.69) is 0 Å². The fraction of sp³-hybridized carbons (Fsp3) is 0.0435. The summed E-state index contributed by atoms with van der Waals surface area (Å²) in [5.41, 5.74) is 0.950. The highest BCUT2D eigenvalue weighted by Gasteiger charge is 2.35. The highest BCUT2D eigenvalue weighted by atomic mass is 32.2. The zero-order chi connectivity index (χ0) is 24.3. The van der Waals surface area contributed by atoms with Gasteiger partial charge in [-0.1, -0.05) is 42.5 Å². The number of nitrogens with zero attached hydrogens (tertiary/aromatic N) is 2. The molecule has 2 amide bonds. The normalized spacial score (nSPS) is 15.1. The first-order valence-electron chi connectivity index (χ1n) is 9.81. The summed E-state index contributed by atoms with van der Waals surface area (Å²) in [6.07, 6.45) is 1.47. The van der Waals surface area contributed by atoms with Gasteiger partial charge < -0.3 is 4.18 Å². The molecule has 9 nitrogen and oxygen atoms in total. The van der Waals surface area contributed by atoms with Crippen LogP contribution in [-0.4, -0.2) is 29.4 Å². The second kappa shape index (κ2) is 9.49. The lowest BCUT2D eigenvalue weighted by Gasteiger charge is -2.12. The highest BCUT2D eigenvalue weighted by Crippen LogP contribution is 2.34. The van der Waals surface area contributed by atoms with Crippen molar-refractivity contribution < 1.29 is 27.1 Å². The molecule has 0 aromatic heterocycles. The van der Waals surface area contributed by atoms with Gasteiger partial charge in [0.05, 0.1) is 16.4 Å². The molecule has 4 rings (SSSR count). The quantitative estimate of drug-likeness (QED) is 0.201. The maximum absolute atomic E-state index is 12.8. The van der Waals surface area contributed by atoms with E-state index in [-0.39, 0.29) is 27.8 Å². The van der Waals surface area contributed by atoms with Gasteiger partial charge >= 0.3 is 10.1 Å². The molecule has 0 spiro atoms. The molecular weight excluding hydrogens is 480 g/mol. The first kappa shape index (κ1) is 23.2. The number of carbonyl (C=O) groups excluding carboxylic acids is 2. The van der Waals surface area contributed by atoms with E-state index in [1.54, 1.807) is 30.3 Å². The lowest BCUT2D eigenvalue weighted by atomic mass is 10.2. The number of imide groups is 1. The van der Waals surface area contributed by atoms with Gasteiger partial charge in [0.25, 0.3) is 16.8 Å². The maximum Gasteiger partial charge on any atom is 0.339 e. The van der Waals surface area contributed by atoms with Crippen molar-refractivity contribution in [1.29, 1.82) is 0 Å². The molecular formula is C23H16N2O7S2. The van der Waals surface area contributed by atoms with E-state index in [9.17, 15) is 28.1 Å². The van der Waals surface area contributed by atoms with E-state index in [1.807, 2.05) is 0 Å². The fourth-order valence-electron chi connectivity index (χ4n) is 3.11. The molecule has 172 valence electrons. The van der Waals surface area contributed by atoms with Crippen LogP contribution in [0.25, 0.3) is 6.08 Å². The maximum atomic E-state index is 12.8. The summed E-state index contributed by atoms with van der Waals surface area (Å²) in [4.78, 5) is 36.6. The van der Waals surface area contributed by atoms with Crippen LogP contribution in [-0.2, 0) is 21.5 Å². The minimum atomic E-state index is -4.03. The molecule has 1 aliphatic heterocycles. The van der Waals surface area contributed by atoms with E-state index in [4.69, 9.17) is 4.18 Å². The van der Waals surface area contributed by atoms with Crippen LogP contribution in [0.3, 0.4) is 0 Å². The van der Waals surface area contributed by atoms with Crippen molar-refractivity contribution in [1.82, 2.24) is 4.90 Å². The van der Waals surface area contributed by atoms with E-state index in [0.29, 0.717) is 11.1 Å². The Labute approximate surface area is 198 Å². The molecule has 3 aromatic rings. The second-order valence-corrected chi connectivity index (χ2v) is 9.65. The zero-order valence-electron chi connectivity index (χ0n) is 17.4. The number of hydrogen-bond acceptors (Lipinski definition) is 8. The Kier molecular flexibility index (Phi) is 6.48. The van der Waals surface area contributed by atoms with Crippen molar-refractivity contribution in [3.8, 4) is 5.75 Å². The number of amides is 2. The Balaban J connectivity index is 1.50. The Morgan fingerprint density at radius 2 is 1.68 bits per heavy atom. The minimum absolute atomic E-state index is 0.00719. The molecule has 0 saturated carbocycles. The minimum Gasteiger partial charge on any atom is -0.379 e. The standard InChI is InChI=1S/C23H16N2O7S2/c26-22-21(33-23(27)24(22)15-16-9-11-18(12-10-16)25(28)29)14-17-5-4-6-19(13-17)32-34(30,31)20-7-2-1-3-8-20/h1-14H,15H2/b21-14-. The first-order chi connectivity index (χ1) is 16.2. The summed E-state index contributed by atoms with van der Waals surface area (Å²) in [6.45, 7) is -0.0293. The number of non-ortho nitro benzene ring substituents is 1. The number of thioether (sulfide) groups is 1. The van der Waals surface area contributed by atoms with E-state index in [0.717, 1.165) is 16.7 Å². The number of carbonyl (C=O) groups is 2. The van der Waals surface area contributed by atoms with Gasteiger partial charge in [0, 0.05) is 12.1 Å². The molecule has 0 radical (unpaired) electrons. The van der Waals surface area contributed by atoms with Crippen LogP contribution in [0.5, 0.6) is 5.75 Å². The van der Waals surface area contributed by atoms with Crippen LogP contribution in [0, 0.1) is 10.1 Å². The smallest absolute Gasteiger partial charge is 0.339 e. The molecule has 1 heterocycles. The summed E-state index contributed by atoms with van der Waals surface area (Å²) < 4.78 is 30.1. The third-order valence-electron chi connectivity index (χ3n) is 4.76. The van der Waals surface area contributed by atoms with E-state index < -0.39 is 26.2 Å². The van der Waals surface area contributed by atoms with Gasteiger partial charge in [-0.15, -0.1) is 0 Å². The predicted molar refractivity (Wildman–Crippen MR) is 125 cm³/mol. The lowest BCUT2D eigenvalue weighted by Crippen LogP contribution is -2.27. The number of rotatable bonds is 7. The molecule has 0 N–H and O–H groups in total. The van der Waals surface area contributed by atoms with Crippen molar-refractivity contribution in [2.45, 2.75) is 11.4 Å². The van der Waals surface area contributed by atoms with Gasteiger partial charge in [-0.2, -0.15) is 8.42 Å². The summed E-state index contributed by atoms with van der Waals surface area (Å²) in [6, 6.07) is 19.4. The van der Waals surface area contributed by atoms with Crippen LogP contribution < -0.4 is 4.18 Å². The van der Waals surface area contributed by atoms with Gasteiger partial charge in [0.15, 0.2) is 0 Å². The summed E-state index contributed by atoms with van der Waals surface area (Å²) in [5.74, 6) is -0.459. The molecule has 0 unspecified atom stereocenters. The fourth-order valence-corrected chi connectivity index (χ4v) is 4.89. The Hall–Kier alpha value is -3.96. The molecule has 0 atom stereocenters. The number of hydrogen-bond donors (Lipinski definition) is 0. The van der Waals surface area contributed by atoms with Gasteiger partial charge in [0.1, 0.15) is 10.6 Å².